The molecule has 1 N–H and O–H groups in total. The third-order valence-electron chi connectivity index (χ3n) is 11.8. The van der Waals surface area contributed by atoms with Crippen molar-refractivity contribution in [2.75, 3.05) is 0 Å². The zero-order valence-electron chi connectivity index (χ0n) is 31.4. The Balaban J connectivity index is 1.03. The summed E-state index contributed by atoms with van der Waals surface area (Å²) in [5.41, 5.74) is 14.7. The zero-order valence-corrected chi connectivity index (χ0v) is 31.4. The summed E-state index contributed by atoms with van der Waals surface area (Å²) in [5, 5.41) is 18.4. The van der Waals surface area contributed by atoms with Crippen molar-refractivity contribution in [3.63, 3.8) is 0 Å². The molecule has 0 saturated heterocycles. The zero-order chi connectivity index (χ0) is 38.6. The molecule has 2 heterocycles. The first-order valence-electron chi connectivity index (χ1n) is 19.6. The second kappa shape index (κ2) is 13.6. The average molecular weight is 744 g/mol. The lowest BCUT2D eigenvalue weighted by Gasteiger charge is -2.41. The molecule has 0 radical (unpaired) electrons. The van der Waals surface area contributed by atoms with Gasteiger partial charge in [0.25, 0.3) is 0 Å². The highest BCUT2D eigenvalue weighted by atomic mass is 16.5. The molecule has 8 aromatic carbocycles. The fourth-order valence-corrected chi connectivity index (χ4v) is 9.21. The number of aliphatic imine (C=N–C) groups is 1. The van der Waals surface area contributed by atoms with Crippen LogP contribution in [0.5, 0.6) is 11.5 Å². The number of para-hydroxylation sites is 2. The number of nitriles is 1. The molecular weight excluding hydrogens is 709 g/mol. The number of fused-ring (bicyclic) bond motifs is 9. The van der Waals surface area contributed by atoms with Crippen molar-refractivity contribution in [2.45, 2.75) is 17.7 Å². The minimum Gasteiger partial charge on any atom is -0.457 e. The van der Waals surface area contributed by atoms with E-state index in [1.807, 2.05) is 42.5 Å². The van der Waals surface area contributed by atoms with Gasteiger partial charge in [0.2, 0.25) is 0 Å². The van der Waals surface area contributed by atoms with E-state index in [9.17, 15) is 5.26 Å². The normalized spacial score (nSPS) is 16.7. The Morgan fingerprint density at radius 2 is 1.10 bits per heavy atom. The molecule has 1 aliphatic carbocycles. The van der Waals surface area contributed by atoms with E-state index in [2.05, 4.69) is 163 Å². The minimum atomic E-state index is -0.568. The summed E-state index contributed by atoms with van der Waals surface area (Å²) >= 11 is 0. The molecule has 0 saturated carbocycles. The maximum absolute atomic E-state index is 9.23. The highest BCUT2D eigenvalue weighted by molar-refractivity contribution is 6.09. The molecule has 2 atom stereocenters. The summed E-state index contributed by atoms with van der Waals surface area (Å²) in [4.78, 5) is 5.40. The lowest BCUT2D eigenvalue weighted by Crippen LogP contribution is -2.33. The summed E-state index contributed by atoms with van der Waals surface area (Å²) in [7, 11) is 0. The van der Waals surface area contributed by atoms with Gasteiger partial charge in [0.1, 0.15) is 11.5 Å². The molecule has 3 aliphatic rings. The van der Waals surface area contributed by atoms with Crippen LogP contribution < -0.4 is 10.1 Å². The Morgan fingerprint density at radius 1 is 0.534 bits per heavy atom. The van der Waals surface area contributed by atoms with E-state index in [4.69, 9.17) is 15.0 Å². The van der Waals surface area contributed by atoms with Crippen molar-refractivity contribution in [1.29, 1.82) is 5.26 Å². The first-order chi connectivity index (χ1) is 28.7. The molecule has 0 fully saturated rings. The second-order valence-electron chi connectivity index (χ2n) is 15.0. The number of benzene rings is 8. The van der Waals surface area contributed by atoms with Gasteiger partial charge >= 0.3 is 0 Å². The number of nitrogens with zero attached hydrogens (tertiary/aromatic N) is 3. The van der Waals surface area contributed by atoms with Crippen LogP contribution in [0.25, 0.3) is 38.7 Å². The number of ether oxygens (including phenoxy) is 1. The van der Waals surface area contributed by atoms with Crippen LogP contribution in [-0.2, 0) is 5.41 Å². The van der Waals surface area contributed by atoms with Crippen molar-refractivity contribution in [3.05, 3.63) is 244 Å². The van der Waals surface area contributed by atoms with Crippen LogP contribution in [0.3, 0.4) is 0 Å². The summed E-state index contributed by atoms with van der Waals surface area (Å²) in [6, 6.07) is 69.9. The molecule has 5 heteroatoms. The van der Waals surface area contributed by atoms with Crippen LogP contribution in [0.2, 0.25) is 0 Å². The van der Waals surface area contributed by atoms with Crippen LogP contribution in [-0.4, -0.2) is 5.84 Å². The molecule has 2 unspecified atom stereocenters. The van der Waals surface area contributed by atoms with Gasteiger partial charge in [-0.15, -0.1) is 0 Å². The predicted octanol–water partition coefficient (Wildman–Crippen LogP) is 12.5. The number of amidine groups is 1. The number of hydrogen-bond donors (Lipinski definition) is 1. The van der Waals surface area contributed by atoms with E-state index >= 15 is 0 Å². The standard InChI is InChI=1S/C53H35N4O/c54-33-34-24-26-35(27-25-34)36-28-30-37(31-29-36)39-14-10-15-40(32-39)51-55-50(38-12-2-1-3-13-38)56-52(57-51)42-17-11-21-46-49(42)41-16-4-5-18-43(41)53(46)44-19-6-8-22-47(44)58-48-23-9-7-20-45(48)53/h1-32,51-52,57H/q-1. The van der Waals surface area contributed by atoms with E-state index < -0.39 is 11.6 Å². The van der Waals surface area contributed by atoms with Crippen molar-refractivity contribution < 1.29 is 4.74 Å². The van der Waals surface area contributed by atoms with Gasteiger partial charge in [-0.05, 0) is 91.5 Å². The molecule has 2 aliphatic heterocycles. The molecular formula is C53H35N4O-. The lowest BCUT2D eigenvalue weighted by atomic mass is 9.66. The number of hydrogen-bond acceptors (Lipinski definition) is 4. The van der Waals surface area contributed by atoms with E-state index in [1.54, 1.807) is 0 Å². The average Bonchev–Trinajstić information content (AvgIpc) is 3.60. The van der Waals surface area contributed by atoms with Gasteiger partial charge in [-0.3, -0.25) is 0 Å². The SMILES string of the molecule is N#Cc1ccc(-c2ccc(-c3cccc(C4[N-]C(c5ccccc5)=NC(c5cccc6c5-c5ccccc5C65c6ccccc6Oc6ccccc65)N4)c3)cc2)cc1. The molecule has 1 spiro atoms. The first kappa shape index (κ1) is 33.8. The Morgan fingerprint density at radius 3 is 1.81 bits per heavy atom. The Labute approximate surface area is 337 Å². The topological polar surface area (TPSA) is 71.5 Å². The highest BCUT2D eigenvalue weighted by Crippen LogP contribution is 2.63. The van der Waals surface area contributed by atoms with Gasteiger partial charge in [0, 0.05) is 23.5 Å². The van der Waals surface area contributed by atoms with Gasteiger partial charge in [0.15, 0.2) is 0 Å². The highest BCUT2D eigenvalue weighted by Gasteiger charge is 2.51. The molecule has 0 bridgehead atoms. The Hall–Kier alpha value is -7.52. The summed E-state index contributed by atoms with van der Waals surface area (Å²) < 4.78 is 6.59. The van der Waals surface area contributed by atoms with Crippen LogP contribution >= 0.6 is 0 Å². The van der Waals surface area contributed by atoms with Gasteiger partial charge in [-0.1, -0.05) is 170 Å². The quantitative estimate of drug-likeness (QED) is 0.191. The molecule has 0 aromatic heterocycles. The van der Waals surface area contributed by atoms with Gasteiger partial charge < -0.3 is 20.4 Å². The second-order valence-corrected chi connectivity index (χ2v) is 15.0. The summed E-state index contributed by atoms with van der Waals surface area (Å²) in [6.07, 6.45) is -0.752. The third-order valence-corrected chi connectivity index (χ3v) is 11.8. The third kappa shape index (κ3) is 5.31. The number of nitrogens with one attached hydrogen (secondary N) is 1. The molecule has 0 amide bonds. The fraction of sp³-hybridized carbons (Fsp3) is 0.0566. The van der Waals surface area contributed by atoms with E-state index in [0.717, 1.165) is 61.6 Å². The van der Waals surface area contributed by atoms with Gasteiger partial charge in [0.05, 0.1) is 17.0 Å². The van der Waals surface area contributed by atoms with Crippen LogP contribution in [0.15, 0.2) is 199 Å². The van der Waals surface area contributed by atoms with Crippen LogP contribution in [0.4, 0.5) is 0 Å². The summed E-state index contributed by atoms with van der Waals surface area (Å²) in [6.45, 7) is 0. The fourth-order valence-electron chi connectivity index (χ4n) is 9.21. The largest absolute Gasteiger partial charge is 0.457 e. The van der Waals surface area contributed by atoms with Crippen molar-refractivity contribution >= 4 is 5.84 Å². The van der Waals surface area contributed by atoms with Gasteiger partial charge in [-0.2, -0.15) is 5.26 Å². The maximum atomic E-state index is 9.23. The van der Waals surface area contributed by atoms with Crippen molar-refractivity contribution in [1.82, 2.24) is 5.32 Å². The molecule has 5 nitrogen and oxygen atoms in total. The van der Waals surface area contributed by atoms with E-state index in [-0.39, 0.29) is 6.17 Å². The number of rotatable bonds is 5. The molecule has 8 aromatic rings. The lowest BCUT2D eigenvalue weighted by molar-refractivity contribution is 0.436. The van der Waals surface area contributed by atoms with Crippen molar-refractivity contribution in [3.8, 4) is 50.9 Å². The van der Waals surface area contributed by atoms with E-state index in [0.29, 0.717) is 11.4 Å². The molecule has 58 heavy (non-hydrogen) atoms. The van der Waals surface area contributed by atoms with E-state index in [1.165, 1.54) is 22.3 Å². The van der Waals surface area contributed by atoms with Crippen molar-refractivity contribution in [2.24, 2.45) is 4.99 Å². The van der Waals surface area contributed by atoms with Crippen LogP contribution in [0, 0.1) is 11.3 Å². The minimum absolute atomic E-state index is 0.360. The maximum Gasteiger partial charge on any atom is 0.132 e. The molecule has 11 rings (SSSR count). The molecule has 274 valence electrons. The summed E-state index contributed by atoms with van der Waals surface area (Å²) in [5.74, 6) is 2.46. The monoisotopic (exact) mass is 743 g/mol. The van der Waals surface area contributed by atoms with Gasteiger partial charge in [-0.25, -0.2) is 0 Å². The smallest absolute Gasteiger partial charge is 0.132 e. The van der Waals surface area contributed by atoms with Crippen LogP contribution in [0.1, 0.15) is 56.8 Å². The first-order valence-corrected chi connectivity index (χ1v) is 19.6. The Kier molecular flexibility index (Phi) is 7.92. The Bertz CT molecular complexity index is 2900. The predicted molar refractivity (Wildman–Crippen MR) is 231 cm³/mol.